The van der Waals surface area contributed by atoms with Crippen molar-refractivity contribution in [2.75, 3.05) is 0 Å². The Kier molecular flexibility index (Phi) is 2.99. The second kappa shape index (κ2) is 4.87. The lowest BCUT2D eigenvalue weighted by atomic mass is 9.93. The molecule has 1 N–H and O–H groups in total. The van der Waals surface area contributed by atoms with Gasteiger partial charge in [-0.3, -0.25) is 0 Å². The van der Waals surface area contributed by atoms with Gasteiger partial charge in [0.15, 0.2) is 0 Å². The van der Waals surface area contributed by atoms with Gasteiger partial charge < -0.3 is 5.11 Å². The van der Waals surface area contributed by atoms with Crippen LogP contribution >= 0.6 is 11.6 Å². The summed E-state index contributed by atoms with van der Waals surface area (Å²) in [5, 5.41) is 13.9. The maximum Gasteiger partial charge on any atom is 0.106 e. The van der Waals surface area contributed by atoms with Gasteiger partial charge in [-0.2, -0.15) is 0 Å². The number of aliphatic hydroxyl groups is 1. The zero-order valence-corrected chi connectivity index (χ0v) is 12.3. The highest BCUT2D eigenvalue weighted by Crippen LogP contribution is 2.37. The predicted molar refractivity (Wildman–Crippen MR) is 86.9 cm³/mol. The Labute approximate surface area is 128 Å². The molecule has 0 aliphatic heterocycles. The Morgan fingerprint density at radius 1 is 0.810 bits per heavy atom. The molecule has 0 amide bonds. The van der Waals surface area contributed by atoms with Crippen LogP contribution in [0.1, 0.15) is 28.4 Å². The third-order valence-corrected chi connectivity index (χ3v) is 4.75. The van der Waals surface area contributed by atoms with Crippen molar-refractivity contribution in [3.8, 4) is 0 Å². The van der Waals surface area contributed by atoms with Gasteiger partial charge in [-0.05, 0) is 46.4 Å². The molecular weight excluding hydrogens is 280 g/mol. The summed E-state index contributed by atoms with van der Waals surface area (Å²) < 4.78 is 0. The smallest absolute Gasteiger partial charge is 0.106 e. The summed E-state index contributed by atoms with van der Waals surface area (Å²) in [5.74, 6) is 0. The Balaban J connectivity index is 1.94. The molecule has 21 heavy (non-hydrogen) atoms. The second-order valence-electron chi connectivity index (χ2n) is 5.58. The molecule has 104 valence electrons. The summed E-state index contributed by atoms with van der Waals surface area (Å²) in [6.07, 6.45) is 1.50. The van der Waals surface area contributed by atoms with Crippen molar-refractivity contribution in [1.29, 1.82) is 0 Å². The van der Waals surface area contributed by atoms with Gasteiger partial charge in [0.2, 0.25) is 0 Å². The fraction of sp³-hybridized carbons (Fsp3) is 0.158. The van der Waals surface area contributed by atoms with Crippen LogP contribution in [0.25, 0.3) is 10.8 Å². The molecule has 1 atom stereocenters. The molecule has 1 nitrogen and oxygen atoms in total. The number of rotatable bonds is 2. The van der Waals surface area contributed by atoms with E-state index in [2.05, 4.69) is 24.3 Å². The highest BCUT2D eigenvalue weighted by atomic mass is 35.5. The van der Waals surface area contributed by atoms with Crippen molar-refractivity contribution in [3.05, 3.63) is 81.9 Å². The van der Waals surface area contributed by atoms with Gasteiger partial charge in [-0.25, -0.2) is 0 Å². The van der Waals surface area contributed by atoms with Crippen LogP contribution < -0.4 is 0 Å². The summed E-state index contributed by atoms with van der Waals surface area (Å²) in [5.41, 5.74) is 4.47. The minimum atomic E-state index is -0.691. The van der Waals surface area contributed by atoms with E-state index in [1.165, 1.54) is 16.5 Å². The lowest BCUT2D eigenvalue weighted by Crippen LogP contribution is -2.02. The zero-order valence-electron chi connectivity index (χ0n) is 11.5. The first-order chi connectivity index (χ1) is 10.3. The van der Waals surface area contributed by atoms with Crippen LogP contribution in [-0.2, 0) is 12.8 Å². The van der Waals surface area contributed by atoms with Crippen LogP contribution in [0.5, 0.6) is 0 Å². The van der Waals surface area contributed by atoms with E-state index in [1.807, 2.05) is 30.3 Å². The number of aliphatic hydroxyl groups excluding tert-OH is 1. The maximum atomic E-state index is 10.8. The van der Waals surface area contributed by atoms with Crippen molar-refractivity contribution in [1.82, 2.24) is 0 Å². The Morgan fingerprint density at radius 2 is 1.57 bits per heavy atom. The molecule has 4 rings (SSSR count). The van der Waals surface area contributed by atoms with Crippen LogP contribution in [-0.4, -0.2) is 5.11 Å². The van der Waals surface area contributed by atoms with Gasteiger partial charge in [-0.15, -0.1) is 0 Å². The third kappa shape index (κ3) is 1.97. The molecule has 1 aliphatic rings. The summed E-state index contributed by atoms with van der Waals surface area (Å²) in [7, 11) is 0. The summed E-state index contributed by atoms with van der Waals surface area (Å²) >= 11 is 6.24. The minimum Gasteiger partial charge on any atom is -0.384 e. The molecule has 0 saturated heterocycles. The van der Waals surface area contributed by atoms with Gasteiger partial charge in [0, 0.05) is 10.6 Å². The number of aryl methyl sites for hydroxylation is 2. The summed E-state index contributed by atoms with van der Waals surface area (Å²) in [6, 6.07) is 18.0. The average Bonchev–Trinajstić information content (AvgIpc) is 2.93. The molecule has 0 bridgehead atoms. The van der Waals surface area contributed by atoms with E-state index in [-0.39, 0.29) is 0 Å². The molecule has 2 heteroatoms. The van der Waals surface area contributed by atoms with E-state index >= 15 is 0 Å². The SMILES string of the molecule is O[C@@H](c1ccccc1Cl)c1ccc2c3c(cccc13)CC2. The van der Waals surface area contributed by atoms with E-state index in [1.54, 1.807) is 0 Å². The Bertz CT molecular complexity index is 828. The minimum absolute atomic E-state index is 0.605. The topological polar surface area (TPSA) is 20.2 Å². The molecule has 0 heterocycles. The monoisotopic (exact) mass is 294 g/mol. The van der Waals surface area contributed by atoms with Crippen LogP contribution in [0, 0.1) is 0 Å². The quantitative estimate of drug-likeness (QED) is 0.728. The average molecular weight is 295 g/mol. The Hall–Kier alpha value is -1.83. The first-order valence-corrected chi connectivity index (χ1v) is 7.59. The molecule has 0 aromatic heterocycles. The molecule has 0 radical (unpaired) electrons. The molecule has 1 aliphatic carbocycles. The number of hydrogen-bond acceptors (Lipinski definition) is 1. The lowest BCUT2D eigenvalue weighted by Gasteiger charge is -2.16. The molecular formula is C19H15ClO. The molecule has 0 saturated carbocycles. The van der Waals surface area contributed by atoms with Gasteiger partial charge in [0.05, 0.1) is 0 Å². The van der Waals surface area contributed by atoms with E-state index in [0.29, 0.717) is 5.02 Å². The fourth-order valence-corrected chi connectivity index (χ4v) is 3.61. The van der Waals surface area contributed by atoms with Crippen LogP contribution in [0.4, 0.5) is 0 Å². The van der Waals surface area contributed by atoms with Crippen molar-refractivity contribution < 1.29 is 5.11 Å². The molecule has 3 aromatic carbocycles. The largest absolute Gasteiger partial charge is 0.384 e. The number of halogens is 1. The summed E-state index contributed by atoms with van der Waals surface area (Å²) in [6.45, 7) is 0. The van der Waals surface area contributed by atoms with Gasteiger partial charge >= 0.3 is 0 Å². The third-order valence-electron chi connectivity index (χ3n) is 4.41. The van der Waals surface area contributed by atoms with Crippen LogP contribution in [0.2, 0.25) is 5.02 Å². The standard InChI is InChI=1S/C19H15ClO/c20-17-7-2-1-5-16(17)19(21)15-11-10-13-9-8-12-4-3-6-14(15)18(12)13/h1-7,10-11,19,21H,8-9H2/t19-/m1/s1. The predicted octanol–water partition coefficient (Wildman–Crippen LogP) is 4.67. The summed E-state index contributed by atoms with van der Waals surface area (Å²) in [4.78, 5) is 0. The lowest BCUT2D eigenvalue weighted by molar-refractivity contribution is 0.222. The first-order valence-electron chi connectivity index (χ1n) is 7.21. The van der Waals surface area contributed by atoms with E-state index in [4.69, 9.17) is 11.6 Å². The molecule has 0 unspecified atom stereocenters. The van der Waals surface area contributed by atoms with Crippen molar-refractivity contribution in [2.45, 2.75) is 18.9 Å². The maximum absolute atomic E-state index is 10.8. The Morgan fingerprint density at radius 3 is 2.38 bits per heavy atom. The van der Waals surface area contributed by atoms with Crippen LogP contribution in [0.15, 0.2) is 54.6 Å². The van der Waals surface area contributed by atoms with Gasteiger partial charge in [0.25, 0.3) is 0 Å². The van der Waals surface area contributed by atoms with Crippen molar-refractivity contribution >= 4 is 22.4 Å². The fourth-order valence-electron chi connectivity index (χ4n) is 3.37. The highest BCUT2D eigenvalue weighted by molar-refractivity contribution is 6.31. The zero-order chi connectivity index (χ0) is 14.4. The number of hydrogen-bond donors (Lipinski definition) is 1. The first kappa shape index (κ1) is 12.9. The highest BCUT2D eigenvalue weighted by Gasteiger charge is 2.20. The molecule has 0 fully saturated rings. The van der Waals surface area contributed by atoms with Crippen molar-refractivity contribution in [3.63, 3.8) is 0 Å². The van der Waals surface area contributed by atoms with E-state index in [9.17, 15) is 5.11 Å². The van der Waals surface area contributed by atoms with E-state index < -0.39 is 6.10 Å². The van der Waals surface area contributed by atoms with Gasteiger partial charge in [-0.1, -0.05) is 60.1 Å². The second-order valence-corrected chi connectivity index (χ2v) is 5.98. The van der Waals surface area contributed by atoms with Gasteiger partial charge in [0.1, 0.15) is 6.10 Å². The number of benzene rings is 3. The normalized spacial score (nSPS) is 14.6. The van der Waals surface area contributed by atoms with E-state index in [0.717, 1.165) is 29.4 Å². The molecule has 0 spiro atoms. The molecule has 3 aromatic rings. The van der Waals surface area contributed by atoms with Crippen molar-refractivity contribution in [2.24, 2.45) is 0 Å². The van der Waals surface area contributed by atoms with Crippen LogP contribution in [0.3, 0.4) is 0 Å².